The molecule has 1 aliphatic rings. The van der Waals surface area contributed by atoms with Crippen molar-refractivity contribution >= 4 is 11.6 Å². The van der Waals surface area contributed by atoms with Gasteiger partial charge in [-0.25, -0.2) is 19.2 Å². The summed E-state index contributed by atoms with van der Waals surface area (Å²) < 4.78 is 27.4. The number of pyridine rings is 1. The lowest BCUT2D eigenvalue weighted by Crippen LogP contribution is -2.40. The Kier molecular flexibility index (Phi) is 4.65. The van der Waals surface area contributed by atoms with Gasteiger partial charge < -0.3 is 10.3 Å². The fourth-order valence-corrected chi connectivity index (χ4v) is 3.04. The van der Waals surface area contributed by atoms with Crippen LogP contribution in [-0.2, 0) is 4.79 Å². The number of nitrogens with one attached hydrogen (secondary N) is 3. The van der Waals surface area contributed by atoms with E-state index in [0.29, 0.717) is 6.42 Å². The summed E-state index contributed by atoms with van der Waals surface area (Å²) in [6.45, 7) is 1.82. The third-order valence-electron chi connectivity index (χ3n) is 4.35. The molecule has 3 N–H and O–H groups in total. The van der Waals surface area contributed by atoms with Crippen LogP contribution in [-0.4, -0.2) is 29.0 Å². The van der Waals surface area contributed by atoms with Crippen molar-refractivity contribution in [3.63, 3.8) is 0 Å². The van der Waals surface area contributed by atoms with Gasteiger partial charge in [0.25, 0.3) is 0 Å². The second-order valence-electron chi connectivity index (χ2n) is 6.07. The number of anilines is 1. The predicted molar refractivity (Wildman–Crippen MR) is 88.8 cm³/mol. The Hall–Kier alpha value is -2.58. The first-order valence-corrected chi connectivity index (χ1v) is 7.80. The molecule has 2 atom stereocenters. The van der Waals surface area contributed by atoms with Crippen molar-refractivity contribution in [1.82, 2.24) is 15.4 Å². The van der Waals surface area contributed by atoms with Gasteiger partial charge in [-0.15, -0.1) is 0 Å². The number of benzene rings is 1. The van der Waals surface area contributed by atoms with Crippen LogP contribution < -0.4 is 16.3 Å². The number of carbonyl (C=O) groups excluding carboxylic acids is 1. The number of hydrazine groups is 1. The lowest BCUT2D eigenvalue weighted by Gasteiger charge is -2.20. The number of nitrogens with zero attached hydrogens (tertiary/aromatic N) is 1. The zero-order valence-corrected chi connectivity index (χ0v) is 13.8. The Morgan fingerprint density at radius 2 is 2.00 bits per heavy atom. The molecule has 0 radical (unpaired) electrons. The lowest BCUT2D eigenvalue weighted by molar-refractivity contribution is -0.118. The van der Waals surface area contributed by atoms with Crippen LogP contribution in [0.3, 0.4) is 0 Å². The predicted octanol–water partition coefficient (Wildman–Crippen LogP) is 1.85. The number of aryl methyl sites for hydroxylation is 1. The fraction of sp³-hybridized carbons (Fsp3) is 0.294. The maximum Gasteiger partial charge on any atom is 0.248 e. The Labute approximate surface area is 142 Å². The van der Waals surface area contributed by atoms with E-state index in [1.54, 1.807) is 18.3 Å². The molecule has 0 saturated carbocycles. The second kappa shape index (κ2) is 6.73. The van der Waals surface area contributed by atoms with Gasteiger partial charge in [-0.05, 0) is 36.6 Å². The first-order valence-electron chi connectivity index (χ1n) is 7.80. The Morgan fingerprint density at radius 1 is 1.32 bits per heavy atom. The molecule has 1 aliphatic heterocycles. The number of aromatic amines is 1. The molecule has 2 aromatic rings. The maximum atomic E-state index is 13.7. The standard InChI is InChI=1S/C17H18F2N4O2/c1-9-6-15(24)20-8-10(9)14-7-13(22-23(14)2)17(25)21-16-11(18)4-3-5-12(16)19/h3-6,8,13-14,22H,7H2,1-2H3,(H,20,24)(H,21,25). The summed E-state index contributed by atoms with van der Waals surface area (Å²) in [5.41, 5.74) is 4.02. The second-order valence-corrected chi connectivity index (χ2v) is 6.07. The number of halogens is 2. The average Bonchev–Trinajstić information content (AvgIpc) is 2.93. The third-order valence-corrected chi connectivity index (χ3v) is 4.35. The molecule has 132 valence electrons. The van der Waals surface area contributed by atoms with Crippen molar-refractivity contribution in [1.29, 1.82) is 0 Å². The van der Waals surface area contributed by atoms with Crippen molar-refractivity contribution < 1.29 is 13.6 Å². The average molecular weight is 348 g/mol. The molecule has 0 bridgehead atoms. The first kappa shape index (κ1) is 17.2. The van der Waals surface area contributed by atoms with Crippen LogP contribution in [0.25, 0.3) is 0 Å². The van der Waals surface area contributed by atoms with Crippen LogP contribution >= 0.6 is 0 Å². The minimum Gasteiger partial charge on any atom is -0.329 e. The number of hydrogen-bond acceptors (Lipinski definition) is 4. The molecule has 2 heterocycles. The number of rotatable bonds is 3. The highest BCUT2D eigenvalue weighted by atomic mass is 19.1. The highest BCUT2D eigenvalue weighted by Crippen LogP contribution is 2.30. The molecule has 1 aromatic heterocycles. The topological polar surface area (TPSA) is 77.2 Å². The summed E-state index contributed by atoms with van der Waals surface area (Å²) in [5.74, 6) is -2.18. The van der Waals surface area contributed by atoms with E-state index in [0.717, 1.165) is 23.3 Å². The van der Waals surface area contributed by atoms with Crippen molar-refractivity contribution in [2.24, 2.45) is 0 Å². The summed E-state index contributed by atoms with van der Waals surface area (Å²) in [7, 11) is 1.77. The van der Waals surface area contributed by atoms with E-state index >= 15 is 0 Å². The number of amides is 1. The smallest absolute Gasteiger partial charge is 0.248 e. The van der Waals surface area contributed by atoms with E-state index < -0.39 is 29.3 Å². The molecule has 6 nitrogen and oxygen atoms in total. The summed E-state index contributed by atoms with van der Waals surface area (Å²) in [5, 5.41) is 4.05. The van der Waals surface area contributed by atoms with Crippen LogP contribution in [0.2, 0.25) is 0 Å². The van der Waals surface area contributed by atoms with E-state index in [4.69, 9.17) is 0 Å². The van der Waals surface area contributed by atoms with Gasteiger partial charge in [0, 0.05) is 19.3 Å². The zero-order chi connectivity index (χ0) is 18.1. The quantitative estimate of drug-likeness (QED) is 0.791. The molecular formula is C17H18F2N4O2. The number of para-hydroxylation sites is 1. The van der Waals surface area contributed by atoms with Gasteiger partial charge >= 0.3 is 0 Å². The van der Waals surface area contributed by atoms with Gasteiger partial charge in [0.1, 0.15) is 23.4 Å². The van der Waals surface area contributed by atoms with Gasteiger partial charge in [-0.3, -0.25) is 9.59 Å². The monoisotopic (exact) mass is 348 g/mol. The van der Waals surface area contributed by atoms with Crippen molar-refractivity contribution in [3.8, 4) is 0 Å². The van der Waals surface area contributed by atoms with E-state index in [1.807, 2.05) is 6.92 Å². The third kappa shape index (κ3) is 3.45. The molecule has 3 rings (SSSR count). The number of hydrogen-bond donors (Lipinski definition) is 3. The molecule has 0 aliphatic carbocycles. The van der Waals surface area contributed by atoms with Crippen LogP contribution in [0, 0.1) is 18.6 Å². The zero-order valence-electron chi connectivity index (χ0n) is 13.8. The number of H-pyrrole nitrogens is 1. The van der Waals surface area contributed by atoms with Gasteiger partial charge in [-0.1, -0.05) is 6.07 Å². The molecule has 1 saturated heterocycles. The summed E-state index contributed by atoms with van der Waals surface area (Å²) in [6.07, 6.45) is 2.02. The molecular weight excluding hydrogens is 330 g/mol. The minimum atomic E-state index is -0.826. The lowest BCUT2D eigenvalue weighted by atomic mass is 9.99. The van der Waals surface area contributed by atoms with E-state index in [1.165, 1.54) is 12.1 Å². The van der Waals surface area contributed by atoms with Crippen molar-refractivity contribution in [2.45, 2.75) is 25.4 Å². The Balaban J connectivity index is 1.77. The molecule has 8 heteroatoms. The highest BCUT2D eigenvalue weighted by Gasteiger charge is 2.35. The van der Waals surface area contributed by atoms with Crippen LogP contribution in [0.4, 0.5) is 14.5 Å². The van der Waals surface area contributed by atoms with Gasteiger partial charge in [0.05, 0.1) is 6.04 Å². The Bertz CT molecular complexity index is 848. The van der Waals surface area contributed by atoms with Gasteiger partial charge in [0.2, 0.25) is 11.5 Å². The maximum absolute atomic E-state index is 13.7. The molecule has 1 amide bonds. The van der Waals surface area contributed by atoms with Gasteiger partial charge in [-0.2, -0.15) is 0 Å². The van der Waals surface area contributed by atoms with Crippen LogP contribution in [0.15, 0.2) is 35.3 Å². The molecule has 25 heavy (non-hydrogen) atoms. The SMILES string of the molecule is Cc1cc(=O)[nH]cc1C1CC(C(=O)Nc2c(F)cccc2F)NN1C. The molecule has 0 spiro atoms. The summed E-state index contributed by atoms with van der Waals surface area (Å²) in [6, 6.07) is 4.08. The van der Waals surface area contributed by atoms with Crippen LogP contribution in [0.1, 0.15) is 23.6 Å². The van der Waals surface area contributed by atoms with Gasteiger partial charge in [0.15, 0.2) is 0 Å². The molecule has 1 aromatic carbocycles. The van der Waals surface area contributed by atoms with Crippen molar-refractivity contribution in [3.05, 3.63) is 63.6 Å². The minimum absolute atomic E-state index is 0.155. The number of aromatic nitrogens is 1. The highest BCUT2D eigenvalue weighted by molar-refractivity contribution is 5.95. The molecule has 1 fully saturated rings. The fourth-order valence-electron chi connectivity index (χ4n) is 3.04. The summed E-state index contributed by atoms with van der Waals surface area (Å²) >= 11 is 0. The number of carbonyl (C=O) groups is 1. The summed E-state index contributed by atoms with van der Waals surface area (Å²) in [4.78, 5) is 26.4. The van der Waals surface area contributed by atoms with E-state index in [9.17, 15) is 18.4 Å². The van der Waals surface area contributed by atoms with Crippen molar-refractivity contribution in [2.75, 3.05) is 12.4 Å². The molecule has 2 unspecified atom stereocenters. The first-order chi connectivity index (χ1) is 11.9. The normalized spacial score (nSPS) is 20.6. The Morgan fingerprint density at radius 3 is 2.64 bits per heavy atom. The van der Waals surface area contributed by atoms with Crippen LogP contribution in [0.5, 0.6) is 0 Å². The van der Waals surface area contributed by atoms with E-state index in [-0.39, 0.29) is 11.6 Å². The van der Waals surface area contributed by atoms with E-state index in [2.05, 4.69) is 15.7 Å². The largest absolute Gasteiger partial charge is 0.329 e.